The molecule has 0 N–H and O–H groups in total. The van der Waals surface area contributed by atoms with Gasteiger partial charge in [0.2, 0.25) is 0 Å². The summed E-state index contributed by atoms with van der Waals surface area (Å²) < 4.78 is 0. The molecule has 0 aliphatic heterocycles. The fourth-order valence-corrected chi connectivity index (χ4v) is 2.41. The van der Waals surface area contributed by atoms with Crippen molar-refractivity contribution in [3.8, 4) is 0 Å². The minimum atomic E-state index is 0.661. The van der Waals surface area contributed by atoms with Crippen LogP contribution in [0, 0.1) is 0 Å². The van der Waals surface area contributed by atoms with Crippen molar-refractivity contribution in [2.45, 2.75) is 25.4 Å². The normalized spacial score (nSPS) is 15.8. The van der Waals surface area contributed by atoms with Crippen molar-refractivity contribution >= 4 is 34.8 Å². The van der Waals surface area contributed by atoms with Crippen LogP contribution in [0.2, 0.25) is 10.0 Å². The maximum Gasteiger partial charge on any atom is 0.0452 e. The van der Waals surface area contributed by atoms with Gasteiger partial charge in [-0.15, -0.1) is 11.6 Å². The Kier molecular flexibility index (Phi) is 4.37. The highest BCUT2D eigenvalue weighted by Gasteiger charge is 2.28. The number of benzene rings is 1. The van der Waals surface area contributed by atoms with Crippen LogP contribution < -0.4 is 0 Å². The molecule has 0 spiro atoms. The van der Waals surface area contributed by atoms with E-state index < -0.39 is 0 Å². The molecule has 0 atom stereocenters. The molecular weight excluding hydrogens is 264 g/mol. The fourth-order valence-electron chi connectivity index (χ4n) is 1.82. The molecular formula is C12H14Cl3N. The number of hydrogen-bond acceptors (Lipinski definition) is 1. The summed E-state index contributed by atoms with van der Waals surface area (Å²) >= 11 is 17.9. The van der Waals surface area contributed by atoms with Crippen molar-refractivity contribution in [1.29, 1.82) is 0 Å². The molecule has 16 heavy (non-hydrogen) atoms. The Bertz CT molecular complexity index is 363. The second-order valence-corrected chi connectivity index (χ2v) is 5.35. The molecule has 1 nitrogen and oxygen atoms in total. The van der Waals surface area contributed by atoms with E-state index >= 15 is 0 Å². The second-order valence-electron chi connectivity index (χ2n) is 4.13. The molecule has 1 aromatic rings. The van der Waals surface area contributed by atoms with Crippen molar-refractivity contribution in [3.63, 3.8) is 0 Å². The van der Waals surface area contributed by atoms with Gasteiger partial charge >= 0.3 is 0 Å². The first-order chi connectivity index (χ1) is 7.70. The van der Waals surface area contributed by atoms with Gasteiger partial charge in [0, 0.05) is 35.1 Å². The van der Waals surface area contributed by atoms with Crippen molar-refractivity contribution in [1.82, 2.24) is 4.90 Å². The second kappa shape index (κ2) is 5.59. The van der Waals surface area contributed by atoms with Crippen molar-refractivity contribution < 1.29 is 0 Å². The van der Waals surface area contributed by atoms with E-state index in [0.29, 0.717) is 11.9 Å². The van der Waals surface area contributed by atoms with Gasteiger partial charge in [-0.3, -0.25) is 4.90 Å². The number of nitrogens with zero attached hydrogens (tertiary/aromatic N) is 1. The van der Waals surface area contributed by atoms with E-state index in [2.05, 4.69) is 4.90 Å². The molecule has 88 valence electrons. The molecule has 1 aliphatic rings. The number of alkyl halides is 1. The first kappa shape index (κ1) is 12.5. The van der Waals surface area contributed by atoms with Crippen LogP contribution in [0.25, 0.3) is 0 Å². The highest BCUT2D eigenvalue weighted by molar-refractivity contribution is 6.33. The molecule has 2 rings (SSSR count). The lowest BCUT2D eigenvalue weighted by atomic mass is 10.2. The zero-order valence-corrected chi connectivity index (χ0v) is 11.2. The van der Waals surface area contributed by atoms with E-state index in [1.54, 1.807) is 0 Å². The van der Waals surface area contributed by atoms with Gasteiger partial charge in [-0.1, -0.05) is 23.2 Å². The van der Waals surface area contributed by atoms with Gasteiger partial charge in [-0.05, 0) is 36.6 Å². The summed E-state index contributed by atoms with van der Waals surface area (Å²) in [6.45, 7) is 1.76. The highest BCUT2D eigenvalue weighted by atomic mass is 35.5. The van der Waals surface area contributed by atoms with E-state index in [-0.39, 0.29) is 0 Å². The summed E-state index contributed by atoms with van der Waals surface area (Å²) in [6.07, 6.45) is 2.55. The fraction of sp³-hybridized carbons (Fsp3) is 0.500. The van der Waals surface area contributed by atoms with Crippen LogP contribution >= 0.6 is 34.8 Å². The quantitative estimate of drug-likeness (QED) is 0.730. The smallest absolute Gasteiger partial charge is 0.0452 e. The Morgan fingerprint density at radius 1 is 1.25 bits per heavy atom. The zero-order chi connectivity index (χ0) is 11.5. The first-order valence-corrected chi connectivity index (χ1v) is 6.73. The van der Waals surface area contributed by atoms with Gasteiger partial charge in [0.15, 0.2) is 0 Å². The topological polar surface area (TPSA) is 3.24 Å². The first-order valence-electron chi connectivity index (χ1n) is 5.44. The summed E-state index contributed by atoms with van der Waals surface area (Å²) in [5.74, 6) is 0.661. The minimum absolute atomic E-state index is 0.661. The van der Waals surface area contributed by atoms with Gasteiger partial charge in [0.1, 0.15) is 0 Å². The molecule has 1 aliphatic carbocycles. The van der Waals surface area contributed by atoms with E-state index in [1.165, 1.54) is 12.8 Å². The van der Waals surface area contributed by atoms with Crippen molar-refractivity contribution in [3.05, 3.63) is 33.8 Å². The largest absolute Gasteiger partial charge is 0.295 e. The average molecular weight is 279 g/mol. The van der Waals surface area contributed by atoms with Crippen LogP contribution in [-0.2, 0) is 6.54 Å². The Balaban J connectivity index is 2.08. The molecule has 0 unspecified atom stereocenters. The molecule has 1 fully saturated rings. The lowest BCUT2D eigenvalue weighted by Crippen LogP contribution is -2.27. The highest BCUT2D eigenvalue weighted by Crippen LogP contribution is 2.30. The summed E-state index contributed by atoms with van der Waals surface area (Å²) in [5, 5.41) is 1.52. The Labute approximate surface area is 111 Å². The van der Waals surface area contributed by atoms with E-state index in [1.807, 2.05) is 18.2 Å². The third kappa shape index (κ3) is 3.27. The lowest BCUT2D eigenvalue weighted by molar-refractivity contribution is 0.271. The number of hydrogen-bond donors (Lipinski definition) is 0. The Morgan fingerprint density at radius 3 is 2.62 bits per heavy atom. The van der Waals surface area contributed by atoms with Gasteiger partial charge in [0.25, 0.3) is 0 Å². The molecule has 0 radical (unpaired) electrons. The van der Waals surface area contributed by atoms with Crippen LogP contribution in [0.5, 0.6) is 0 Å². The predicted octanol–water partition coefficient (Wildman–Crippen LogP) is 4.20. The predicted molar refractivity (Wildman–Crippen MR) is 70.6 cm³/mol. The number of rotatable bonds is 5. The Hall–Kier alpha value is 0.0500. The average Bonchev–Trinajstić information content (AvgIpc) is 3.06. The van der Waals surface area contributed by atoms with Crippen LogP contribution in [0.1, 0.15) is 18.4 Å². The van der Waals surface area contributed by atoms with Crippen LogP contribution in [-0.4, -0.2) is 23.4 Å². The molecule has 0 bridgehead atoms. The van der Waals surface area contributed by atoms with E-state index in [9.17, 15) is 0 Å². The van der Waals surface area contributed by atoms with Crippen molar-refractivity contribution in [2.24, 2.45) is 0 Å². The van der Waals surface area contributed by atoms with Crippen LogP contribution in [0.4, 0.5) is 0 Å². The summed E-state index contributed by atoms with van der Waals surface area (Å²) in [6, 6.07) is 6.29. The van der Waals surface area contributed by atoms with Crippen molar-refractivity contribution in [2.75, 3.05) is 12.4 Å². The summed E-state index contributed by atoms with van der Waals surface area (Å²) in [4.78, 5) is 2.38. The van der Waals surface area contributed by atoms with Gasteiger partial charge < -0.3 is 0 Å². The molecule has 4 heteroatoms. The molecule has 1 saturated carbocycles. The van der Waals surface area contributed by atoms with E-state index in [0.717, 1.165) is 28.7 Å². The minimum Gasteiger partial charge on any atom is -0.295 e. The lowest BCUT2D eigenvalue weighted by Gasteiger charge is -2.21. The Morgan fingerprint density at radius 2 is 2.00 bits per heavy atom. The molecule has 1 aromatic carbocycles. The zero-order valence-electron chi connectivity index (χ0n) is 8.93. The van der Waals surface area contributed by atoms with Crippen LogP contribution in [0.15, 0.2) is 18.2 Å². The third-order valence-corrected chi connectivity index (χ3v) is 3.59. The summed E-state index contributed by atoms with van der Waals surface area (Å²) in [5.41, 5.74) is 1.09. The molecule has 0 saturated heterocycles. The third-order valence-electron chi connectivity index (χ3n) is 2.82. The standard InChI is InChI=1S/C12H14Cl3N/c13-5-6-16(11-2-3-11)8-9-7-10(14)1-4-12(9)15/h1,4,7,11H,2-3,5-6,8H2. The van der Waals surface area contributed by atoms with E-state index in [4.69, 9.17) is 34.8 Å². The maximum atomic E-state index is 6.15. The molecule has 0 amide bonds. The van der Waals surface area contributed by atoms with Gasteiger partial charge in [-0.2, -0.15) is 0 Å². The van der Waals surface area contributed by atoms with Gasteiger partial charge in [-0.25, -0.2) is 0 Å². The maximum absolute atomic E-state index is 6.15. The molecule has 0 heterocycles. The molecule has 0 aromatic heterocycles. The SMILES string of the molecule is ClCCN(Cc1cc(Cl)ccc1Cl)C1CC1. The van der Waals surface area contributed by atoms with Gasteiger partial charge in [0.05, 0.1) is 0 Å². The monoisotopic (exact) mass is 277 g/mol. The van der Waals surface area contributed by atoms with Crippen LogP contribution in [0.3, 0.4) is 0 Å². The summed E-state index contributed by atoms with van der Waals surface area (Å²) in [7, 11) is 0. The number of halogens is 3.